The van der Waals surface area contributed by atoms with Crippen LogP contribution in [0.15, 0.2) is 0 Å². The van der Waals surface area contributed by atoms with Gasteiger partial charge in [0, 0.05) is 0 Å². The zero-order chi connectivity index (χ0) is 21.5. The van der Waals surface area contributed by atoms with Gasteiger partial charge in [-0.05, 0) is 0 Å². The van der Waals surface area contributed by atoms with E-state index in [9.17, 15) is 65.5 Å². The summed E-state index contributed by atoms with van der Waals surface area (Å²) in [6.45, 7) is 0. The van der Waals surface area contributed by atoms with Gasteiger partial charge in [0.2, 0.25) is 6.17 Å². The molecule has 0 aliphatic carbocycles. The van der Waals surface area contributed by atoms with E-state index in [2.05, 4.69) is 0 Å². The second-order valence-electron chi connectivity index (χ2n) is 4.72. The zero-order valence-electron chi connectivity index (χ0n) is 12.3. The average Bonchev–Trinajstić information content (AvgIpc) is 2.49. The third-order valence-electron chi connectivity index (χ3n) is 2.86. The number of hydrogen-bond acceptors (Lipinski definition) is 3. The molecule has 0 rings (SSSR count). The van der Waals surface area contributed by atoms with Crippen LogP contribution < -0.4 is 6.15 Å². The molecule has 0 aromatic carbocycles. The van der Waals surface area contributed by atoms with Crippen molar-refractivity contribution in [2.75, 3.05) is 0 Å². The maximum Gasteiger partial charge on any atom is 0.379 e. The van der Waals surface area contributed by atoms with Crippen LogP contribution in [-0.2, 0) is 10.1 Å². The van der Waals surface area contributed by atoms with Gasteiger partial charge in [-0.3, -0.25) is 4.55 Å². The lowest BCUT2D eigenvalue weighted by Crippen LogP contribution is -2.65. The van der Waals surface area contributed by atoms with Gasteiger partial charge in [-0.15, -0.1) is 0 Å². The molecule has 4 N–H and O–H groups in total. The fraction of sp³-hybridized carbons (Fsp3) is 1.00. The summed E-state index contributed by atoms with van der Waals surface area (Å²) in [6.07, 6.45) is -23.6. The molecule has 5 atom stereocenters. The third kappa shape index (κ3) is 5.07. The highest BCUT2D eigenvalue weighted by molar-refractivity contribution is 7.86. The molecule has 0 fully saturated rings. The van der Waals surface area contributed by atoms with Gasteiger partial charge in [0.1, 0.15) is 0 Å². The van der Waals surface area contributed by atoms with Crippen molar-refractivity contribution < 1.29 is 70.0 Å². The molecule has 0 amide bonds. The number of rotatable bonds is 9. The number of halogens is 13. The molecule has 0 aromatic heterocycles. The summed E-state index contributed by atoms with van der Waals surface area (Å²) in [4.78, 5) is 0. The molecule has 0 bridgehead atoms. The van der Waals surface area contributed by atoms with Crippen molar-refractivity contribution in [2.45, 2.75) is 54.4 Å². The smallest absolute Gasteiger partial charge is 0.344 e. The minimum atomic E-state index is -7.44. The Balaban J connectivity index is 0. The molecule has 0 heterocycles. The summed E-state index contributed by atoms with van der Waals surface area (Å²) in [5.41, 5.74) is -5.46. The number of alkyl halides is 13. The van der Waals surface area contributed by atoms with Gasteiger partial charge in [0.05, 0.1) is 0 Å². The van der Waals surface area contributed by atoms with Gasteiger partial charge in [-0.1, -0.05) is 0 Å². The molecule has 166 valence electrons. The van der Waals surface area contributed by atoms with Gasteiger partial charge < -0.3 is 6.15 Å². The maximum atomic E-state index is 13.1. The van der Waals surface area contributed by atoms with E-state index in [-0.39, 0.29) is 6.15 Å². The van der Waals surface area contributed by atoms with E-state index >= 15 is 0 Å². The normalized spacial score (nSPS) is 19.8. The Morgan fingerprint density at radius 1 is 0.667 bits per heavy atom. The highest BCUT2D eigenvalue weighted by Crippen LogP contribution is 2.52. The second kappa shape index (κ2) is 8.54. The van der Waals surface area contributed by atoms with Crippen LogP contribution in [0.25, 0.3) is 0 Å². The Labute approximate surface area is 142 Å². The van der Waals surface area contributed by atoms with Crippen LogP contribution >= 0.6 is 0 Å². The SMILES string of the molecule is N.O=S(=O)(O)C(F)C(F)(F)C(F)(F)C(F)(F)C(F)C(F)C(F)C(F)C(F)F. The molecule has 5 unspecified atom stereocenters. The van der Waals surface area contributed by atoms with Crippen molar-refractivity contribution in [2.24, 2.45) is 0 Å². The lowest BCUT2D eigenvalue weighted by molar-refractivity contribution is -0.337. The summed E-state index contributed by atoms with van der Waals surface area (Å²) in [5, 5.41) is 0. The highest BCUT2D eigenvalue weighted by atomic mass is 32.2. The monoisotopic (exact) mass is 459 g/mol. The van der Waals surface area contributed by atoms with Crippen LogP contribution in [0, 0.1) is 0 Å². The van der Waals surface area contributed by atoms with Crippen LogP contribution in [0.4, 0.5) is 57.1 Å². The van der Waals surface area contributed by atoms with Gasteiger partial charge in [-0.25, -0.2) is 30.7 Å². The van der Waals surface area contributed by atoms with E-state index < -0.39 is 64.5 Å². The summed E-state index contributed by atoms with van der Waals surface area (Å²) in [6, 6.07) is 0. The van der Waals surface area contributed by atoms with Gasteiger partial charge in [-0.2, -0.15) is 34.8 Å². The quantitative estimate of drug-likeness (QED) is 0.405. The topological polar surface area (TPSA) is 89.4 Å². The summed E-state index contributed by atoms with van der Waals surface area (Å²) in [7, 11) is -6.77. The van der Waals surface area contributed by atoms with E-state index in [0.717, 1.165) is 0 Å². The Kier molecular flexibility index (Phi) is 8.91. The van der Waals surface area contributed by atoms with Crippen LogP contribution in [0.1, 0.15) is 0 Å². The summed E-state index contributed by atoms with van der Waals surface area (Å²) < 4.78 is 194. The fourth-order valence-corrected chi connectivity index (χ4v) is 1.92. The molecule has 0 spiro atoms. The van der Waals surface area contributed by atoms with Crippen molar-refractivity contribution >= 4 is 10.1 Å². The second-order valence-corrected chi connectivity index (χ2v) is 6.16. The van der Waals surface area contributed by atoms with E-state index in [1.807, 2.05) is 0 Å². The molecule has 0 aromatic rings. The molecule has 0 radical (unpaired) electrons. The van der Waals surface area contributed by atoms with Crippen LogP contribution in [0.2, 0.25) is 0 Å². The van der Waals surface area contributed by atoms with Crippen LogP contribution in [0.5, 0.6) is 0 Å². The molecular weight excluding hydrogens is 449 g/mol. The molecule has 0 aliphatic heterocycles. The lowest BCUT2D eigenvalue weighted by Gasteiger charge is -2.36. The van der Waals surface area contributed by atoms with Crippen LogP contribution in [0.3, 0.4) is 0 Å². The first kappa shape index (κ1) is 28.2. The minimum absolute atomic E-state index is 0. The molecular formula is C9H10F13NO3S. The lowest BCUT2D eigenvalue weighted by atomic mass is 9.95. The van der Waals surface area contributed by atoms with Crippen molar-refractivity contribution in [1.29, 1.82) is 0 Å². The van der Waals surface area contributed by atoms with E-state index in [0.29, 0.717) is 0 Å². The predicted molar refractivity (Wildman–Crippen MR) is 61.9 cm³/mol. The highest BCUT2D eigenvalue weighted by Gasteiger charge is 2.80. The minimum Gasteiger partial charge on any atom is -0.344 e. The Bertz CT molecular complexity index is 586. The van der Waals surface area contributed by atoms with Crippen molar-refractivity contribution in [3.63, 3.8) is 0 Å². The summed E-state index contributed by atoms with van der Waals surface area (Å²) in [5.74, 6) is -21.7. The largest absolute Gasteiger partial charge is 0.379 e. The molecule has 0 aliphatic rings. The van der Waals surface area contributed by atoms with Crippen molar-refractivity contribution in [1.82, 2.24) is 6.15 Å². The average molecular weight is 459 g/mol. The molecule has 0 saturated heterocycles. The Morgan fingerprint density at radius 2 is 1.04 bits per heavy atom. The summed E-state index contributed by atoms with van der Waals surface area (Å²) >= 11 is 0. The van der Waals surface area contributed by atoms with Crippen molar-refractivity contribution in [3.05, 3.63) is 0 Å². The van der Waals surface area contributed by atoms with Crippen LogP contribution in [-0.4, -0.2) is 67.4 Å². The maximum absolute atomic E-state index is 13.1. The van der Waals surface area contributed by atoms with E-state index in [1.54, 1.807) is 0 Å². The number of hydrogen-bond donors (Lipinski definition) is 2. The standard InChI is InChI=1S/C9H7F13O3S.H3N/c10-1(3(12)5(14)15)2(11)4(13)7(17,18)9(21,22)8(19,20)6(16)26(23,24)25;/h1-6H,(H,23,24,25);1H3. The van der Waals surface area contributed by atoms with Gasteiger partial charge in [0.15, 0.2) is 18.5 Å². The zero-order valence-corrected chi connectivity index (χ0v) is 13.1. The van der Waals surface area contributed by atoms with E-state index in [4.69, 9.17) is 4.55 Å². The molecule has 0 saturated carbocycles. The molecule has 18 heteroatoms. The Hall–Kier alpha value is -1.04. The van der Waals surface area contributed by atoms with Crippen molar-refractivity contribution in [3.8, 4) is 0 Å². The Morgan fingerprint density at radius 3 is 1.33 bits per heavy atom. The first-order valence-electron chi connectivity index (χ1n) is 5.82. The van der Waals surface area contributed by atoms with Gasteiger partial charge in [0.25, 0.3) is 11.9 Å². The van der Waals surface area contributed by atoms with Gasteiger partial charge >= 0.3 is 27.9 Å². The molecule has 4 nitrogen and oxygen atoms in total. The first-order valence-corrected chi connectivity index (χ1v) is 7.33. The molecule has 27 heavy (non-hydrogen) atoms. The van der Waals surface area contributed by atoms with E-state index in [1.165, 1.54) is 0 Å². The predicted octanol–water partition coefficient (Wildman–Crippen LogP) is 3.86. The third-order valence-corrected chi connectivity index (χ3v) is 3.68. The fourth-order valence-electron chi connectivity index (χ4n) is 1.40. The first-order chi connectivity index (χ1) is 11.2.